The number of fused-ring (bicyclic) bond motifs is 6. The lowest BCUT2D eigenvalue weighted by atomic mass is 9.61. The molecule has 2 aromatic rings. The van der Waals surface area contributed by atoms with Crippen LogP contribution in [0.2, 0.25) is 0 Å². The number of nitrogen functional groups attached to an aromatic ring is 1. The van der Waals surface area contributed by atoms with Gasteiger partial charge in [-0.2, -0.15) is 37.2 Å². The average Bonchev–Trinajstić information content (AvgIpc) is 3.70. The predicted octanol–water partition coefficient (Wildman–Crippen LogP) is 6.28. The number of nitriles is 1. The molecule has 15 heteroatoms. The van der Waals surface area contributed by atoms with Gasteiger partial charge in [0.2, 0.25) is 0 Å². The molecule has 0 amide bonds. The van der Waals surface area contributed by atoms with Crippen LogP contribution in [0.25, 0.3) is 11.4 Å². The Balaban J connectivity index is 1.35. The van der Waals surface area contributed by atoms with Crippen LogP contribution in [0, 0.1) is 23.7 Å². The maximum absolute atomic E-state index is 17.5. The van der Waals surface area contributed by atoms with Crippen molar-refractivity contribution in [3.05, 3.63) is 58.0 Å². The van der Waals surface area contributed by atoms with E-state index in [4.69, 9.17) is 15.5 Å². The van der Waals surface area contributed by atoms with E-state index in [1.165, 1.54) is 13.8 Å². The number of rotatable bonds is 4. The topological polar surface area (TPSA) is 116 Å². The summed E-state index contributed by atoms with van der Waals surface area (Å²) in [6, 6.07) is 2.97. The lowest BCUT2D eigenvalue weighted by Gasteiger charge is -2.42. The number of anilines is 2. The first-order valence-corrected chi connectivity index (χ1v) is 16.8. The molecule has 6 aliphatic rings. The molecule has 1 aliphatic carbocycles. The van der Waals surface area contributed by atoms with Crippen molar-refractivity contribution in [2.24, 2.45) is 5.41 Å². The Labute approximate surface area is 284 Å². The molecule has 0 aromatic carbocycles. The number of aryl methyl sites for hydroxylation is 1. The molecule has 7 heterocycles. The Kier molecular flexibility index (Phi) is 7.37. The van der Waals surface area contributed by atoms with Crippen molar-refractivity contribution in [1.29, 1.82) is 5.26 Å². The molecule has 6 atom stereocenters. The van der Waals surface area contributed by atoms with Gasteiger partial charge in [0.25, 0.3) is 6.08 Å². The van der Waals surface area contributed by atoms with Crippen LogP contribution in [0.1, 0.15) is 79.4 Å². The molecule has 0 saturated carbocycles. The first-order valence-electron chi connectivity index (χ1n) is 16.8. The molecule has 3 N–H and O–H groups in total. The first kappa shape index (κ1) is 33.0. The smallest absolute Gasteiger partial charge is 0.418 e. The lowest BCUT2D eigenvalue weighted by Crippen LogP contribution is -2.58. The molecule has 0 spiro atoms. The number of nitrogens with one attached hydrogen (secondary N) is 1. The Morgan fingerprint density at radius 2 is 2.00 bits per heavy atom. The summed E-state index contributed by atoms with van der Waals surface area (Å²) in [5.41, 5.74) is 1.04. The van der Waals surface area contributed by atoms with Gasteiger partial charge >= 0.3 is 12.2 Å². The second-order valence-corrected chi connectivity index (χ2v) is 14.8. The summed E-state index contributed by atoms with van der Waals surface area (Å²) in [6.07, 6.45) is -3.01. The normalized spacial score (nSPS) is 31.7. The van der Waals surface area contributed by atoms with Crippen LogP contribution in [0.4, 0.5) is 38.0 Å². The molecule has 50 heavy (non-hydrogen) atoms. The maximum Gasteiger partial charge on any atom is 0.418 e. The second kappa shape index (κ2) is 11.2. The summed E-state index contributed by atoms with van der Waals surface area (Å²) in [7, 11) is 0. The van der Waals surface area contributed by atoms with Crippen LogP contribution >= 0.6 is 0 Å². The number of aromatic nitrogens is 3. The van der Waals surface area contributed by atoms with Crippen LogP contribution in [-0.2, 0) is 6.18 Å². The molecule has 2 bridgehead atoms. The largest absolute Gasteiger partial charge is 0.461 e. The van der Waals surface area contributed by atoms with E-state index in [1.54, 1.807) is 0 Å². The van der Waals surface area contributed by atoms with Gasteiger partial charge < -0.3 is 20.7 Å². The van der Waals surface area contributed by atoms with E-state index >= 15 is 4.39 Å². The summed E-state index contributed by atoms with van der Waals surface area (Å²) >= 11 is 0. The summed E-state index contributed by atoms with van der Waals surface area (Å²) in [5, 5.41) is 14.5. The summed E-state index contributed by atoms with van der Waals surface area (Å²) in [5.74, 6) is -2.09. The third-order valence-electron chi connectivity index (χ3n) is 11.8. The minimum atomic E-state index is -4.96. The molecule has 2 unspecified atom stereocenters. The number of nitrogens with two attached hydrogens (primary N) is 1. The Bertz CT molecular complexity index is 1930. The molecule has 9 nitrogen and oxygen atoms in total. The number of pyridine rings is 1. The molecule has 264 valence electrons. The molecule has 4 saturated heterocycles. The number of allylic oxidation sites excluding steroid dienone is 1. The van der Waals surface area contributed by atoms with Crippen LogP contribution in [-0.4, -0.2) is 69.8 Å². The summed E-state index contributed by atoms with van der Waals surface area (Å²) in [6.45, 7) is 8.20. The van der Waals surface area contributed by atoms with Crippen LogP contribution in [0.15, 0.2) is 29.9 Å². The van der Waals surface area contributed by atoms with Gasteiger partial charge in [0, 0.05) is 53.8 Å². The number of ether oxygens (including phenoxy) is 1. The van der Waals surface area contributed by atoms with Gasteiger partial charge in [-0.15, -0.1) is 0 Å². The highest BCUT2D eigenvalue weighted by Gasteiger charge is 2.56. The first-order chi connectivity index (χ1) is 23.6. The van der Waals surface area contributed by atoms with Gasteiger partial charge in [-0.25, -0.2) is 9.37 Å². The second-order valence-electron chi connectivity index (χ2n) is 14.8. The summed E-state index contributed by atoms with van der Waals surface area (Å²) < 4.78 is 95.2. The predicted molar refractivity (Wildman–Crippen MR) is 173 cm³/mol. The zero-order valence-corrected chi connectivity index (χ0v) is 27.6. The SMILES string of the molecule is C=C1C[C@@H]2[C@@H]3CC[C@H](CN2c2nc(OC[C@@]45CCCN4CC(=C(F)F)C5)nc4c2C1C(C)(C#N)C(c1nc(N)cc(C)c1C(F)(F)F)=C4F)N3. The van der Waals surface area contributed by atoms with E-state index in [0.717, 1.165) is 25.3 Å². The fourth-order valence-electron chi connectivity index (χ4n) is 9.69. The van der Waals surface area contributed by atoms with Crippen molar-refractivity contribution < 1.29 is 31.1 Å². The Morgan fingerprint density at radius 1 is 1.22 bits per heavy atom. The standard InChI is InChI=1S/C35H36F6N8O/c1-16-9-21-20-6-5-19(44-20)13-49(21)31-23-24(16)33(3,14-42)26(29-25(35(39,40)41)17(2)10-22(43)45-29)27(36)28(23)46-32(47-31)50-15-34-7-4-8-48(34)12-18(11-34)30(37)38/h10,19-21,24,44H,1,4-9,11-13,15H2,2-3H3,(H2,43,45)/t19-,20+,21-,24?,33?,34+/m1/s1. The number of hydrogen-bond donors (Lipinski definition) is 2. The Hall–Kier alpha value is -4.16. The van der Waals surface area contributed by atoms with Gasteiger partial charge in [-0.05, 0) is 70.5 Å². The van der Waals surface area contributed by atoms with E-state index in [-0.39, 0.29) is 71.9 Å². The van der Waals surface area contributed by atoms with Crippen molar-refractivity contribution >= 4 is 23.0 Å². The average molecular weight is 699 g/mol. The van der Waals surface area contributed by atoms with Crippen molar-refractivity contribution in [3.63, 3.8) is 0 Å². The highest BCUT2D eigenvalue weighted by atomic mass is 19.4. The number of nitrogens with zero attached hydrogens (tertiary/aromatic N) is 6. The maximum atomic E-state index is 17.5. The summed E-state index contributed by atoms with van der Waals surface area (Å²) in [4.78, 5) is 17.4. The van der Waals surface area contributed by atoms with E-state index in [2.05, 4.69) is 32.8 Å². The molecule has 4 fully saturated rings. The highest BCUT2D eigenvalue weighted by Crippen LogP contribution is 2.62. The molecule has 0 radical (unpaired) electrons. The van der Waals surface area contributed by atoms with Gasteiger partial charge in [0.1, 0.15) is 23.9 Å². The van der Waals surface area contributed by atoms with E-state index in [1.807, 2.05) is 4.90 Å². The fraction of sp³-hybridized carbons (Fsp3) is 0.543. The van der Waals surface area contributed by atoms with Gasteiger partial charge in [-0.1, -0.05) is 12.2 Å². The number of hydrogen-bond acceptors (Lipinski definition) is 9. The molecule has 8 rings (SSSR count). The fourth-order valence-corrected chi connectivity index (χ4v) is 9.69. The highest BCUT2D eigenvalue weighted by molar-refractivity contribution is 5.96. The zero-order valence-electron chi connectivity index (χ0n) is 27.6. The van der Waals surface area contributed by atoms with Gasteiger partial charge in [0.05, 0.1) is 28.3 Å². The van der Waals surface area contributed by atoms with E-state index in [0.29, 0.717) is 37.3 Å². The zero-order chi connectivity index (χ0) is 35.5. The minimum Gasteiger partial charge on any atom is -0.461 e. The van der Waals surface area contributed by atoms with Crippen molar-refractivity contribution in [3.8, 4) is 12.1 Å². The van der Waals surface area contributed by atoms with Crippen LogP contribution < -0.4 is 20.7 Å². The third kappa shape index (κ3) is 4.77. The van der Waals surface area contributed by atoms with Crippen molar-refractivity contribution in [2.75, 3.05) is 36.9 Å². The Morgan fingerprint density at radius 3 is 2.72 bits per heavy atom. The number of halogens is 6. The van der Waals surface area contributed by atoms with Gasteiger partial charge in [-0.3, -0.25) is 4.90 Å². The number of alkyl halides is 3. The molecule has 2 aromatic heterocycles. The van der Waals surface area contributed by atoms with E-state index in [9.17, 15) is 27.2 Å². The monoisotopic (exact) mass is 698 g/mol. The van der Waals surface area contributed by atoms with Crippen LogP contribution in [0.5, 0.6) is 6.01 Å². The minimum absolute atomic E-state index is 0.0338. The van der Waals surface area contributed by atoms with E-state index < -0.39 is 51.8 Å². The molecular weight excluding hydrogens is 662 g/mol. The van der Waals surface area contributed by atoms with Crippen molar-refractivity contribution in [1.82, 2.24) is 25.2 Å². The third-order valence-corrected chi connectivity index (χ3v) is 11.8. The number of piperazine rings is 1. The quantitative estimate of drug-likeness (QED) is 0.281. The molecule has 5 aliphatic heterocycles. The van der Waals surface area contributed by atoms with Crippen LogP contribution in [0.3, 0.4) is 0 Å². The van der Waals surface area contributed by atoms with Gasteiger partial charge in [0.15, 0.2) is 5.83 Å². The lowest BCUT2D eigenvalue weighted by molar-refractivity contribution is -0.138. The molecular formula is C35H36F6N8O. The van der Waals surface area contributed by atoms with Crippen molar-refractivity contribution in [2.45, 2.75) is 88.1 Å².